The van der Waals surface area contributed by atoms with Gasteiger partial charge in [-0.3, -0.25) is 4.79 Å². The minimum Gasteiger partial charge on any atom is -0.390 e. The highest BCUT2D eigenvalue weighted by Gasteiger charge is 2.53. The molecule has 0 spiro atoms. The van der Waals surface area contributed by atoms with Crippen LogP contribution >= 0.6 is 0 Å². The second-order valence-electron chi connectivity index (χ2n) is 6.79. The van der Waals surface area contributed by atoms with E-state index in [0.29, 0.717) is 38.1 Å². The van der Waals surface area contributed by atoms with Gasteiger partial charge in [-0.1, -0.05) is 12.1 Å². The molecule has 1 aromatic rings. The summed E-state index contributed by atoms with van der Waals surface area (Å²) in [6.07, 6.45) is -0.406. The molecule has 6 heteroatoms. The highest BCUT2D eigenvalue weighted by molar-refractivity contribution is 5.91. The number of rotatable bonds is 5. The van der Waals surface area contributed by atoms with Crippen LogP contribution in [0.2, 0.25) is 0 Å². The van der Waals surface area contributed by atoms with Crippen LogP contribution in [-0.4, -0.2) is 59.5 Å². The number of carbonyl (C=O) groups is 1. The van der Waals surface area contributed by atoms with Crippen LogP contribution < -0.4 is 0 Å². The molecule has 1 saturated heterocycles. The van der Waals surface area contributed by atoms with Gasteiger partial charge in [0.1, 0.15) is 11.9 Å². The van der Waals surface area contributed by atoms with Crippen molar-refractivity contribution in [2.24, 2.45) is 5.92 Å². The Morgan fingerprint density at radius 2 is 2.12 bits per heavy atom. The Morgan fingerprint density at radius 3 is 2.75 bits per heavy atom. The summed E-state index contributed by atoms with van der Waals surface area (Å²) in [5.41, 5.74) is 0.0726. The summed E-state index contributed by atoms with van der Waals surface area (Å²) in [6, 6.07) is 6.23. The quantitative estimate of drug-likeness (QED) is 0.843. The Hall–Kier alpha value is -1.50. The lowest BCUT2D eigenvalue weighted by Gasteiger charge is -2.36. The summed E-state index contributed by atoms with van der Waals surface area (Å²) in [5.74, 6) is -0.697. The summed E-state index contributed by atoms with van der Waals surface area (Å²) in [6.45, 7) is 3.13. The maximum absolute atomic E-state index is 13.5. The van der Waals surface area contributed by atoms with E-state index in [2.05, 4.69) is 0 Å². The first-order valence-electron chi connectivity index (χ1n) is 8.47. The molecule has 1 aliphatic heterocycles. The van der Waals surface area contributed by atoms with E-state index in [4.69, 9.17) is 4.74 Å². The van der Waals surface area contributed by atoms with Gasteiger partial charge in [0.2, 0.25) is 5.91 Å². The topological polar surface area (TPSA) is 70.0 Å². The van der Waals surface area contributed by atoms with Crippen LogP contribution in [0.15, 0.2) is 24.3 Å². The number of nitrogens with zero attached hydrogens (tertiary/aromatic N) is 1. The van der Waals surface area contributed by atoms with E-state index >= 15 is 0 Å². The lowest BCUT2D eigenvalue weighted by atomic mass is 9.92. The highest BCUT2D eigenvalue weighted by atomic mass is 19.1. The maximum Gasteiger partial charge on any atom is 0.233 e. The molecule has 1 aromatic carbocycles. The largest absolute Gasteiger partial charge is 0.390 e. The average molecular weight is 337 g/mol. The summed E-state index contributed by atoms with van der Waals surface area (Å²) in [7, 11) is 0. The van der Waals surface area contributed by atoms with E-state index in [1.165, 1.54) is 12.1 Å². The van der Waals surface area contributed by atoms with E-state index in [1.807, 2.05) is 6.92 Å². The fourth-order valence-corrected chi connectivity index (χ4v) is 3.49. The Labute approximate surface area is 141 Å². The molecular formula is C18H24FNO4. The van der Waals surface area contributed by atoms with Gasteiger partial charge in [-0.05, 0) is 37.5 Å². The zero-order chi connectivity index (χ0) is 17.3. The minimum absolute atomic E-state index is 0.0390. The lowest BCUT2D eigenvalue weighted by molar-refractivity contribution is -0.143. The molecule has 1 saturated carbocycles. The van der Waals surface area contributed by atoms with Gasteiger partial charge in [-0.15, -0.1) is 0 Å². The third-order valence-electron chi connectivity index (χ3n) is 5.16. The number of ether oxygens (including phenoxy) is 1. The third kappa shape index (κ3) is 3.18. The molecule has 0 aromatic heterocycles. The number of likely N-dealkylation sites (N-methyl/N-ethyl adjacent to an activating group) is 1. The van der Waals surface area contributed by atoms with E-state index in [1.54, 1.807) is 17.0 Å². The number of halogens is 1. The van der Waals surface area contributed by atoms with Crippen molar-refractivity contribution in [1.29, 1.82) is 0 Å². The monoisotopic (exact) mass is 337 g/mol. The second kappa shape index (κ2) is 6.78. The number of aliphatic hydroxyl groups is 2. The van der Waals surface area contributed by atoms with Crippen molar-refractivity contribution in [2.75, 3.05) is 26.3 Å². The molecule has 2 N–H and O–H groups in total. The molecule has 132 valence electrons. The van der Waals surface area contributed by atoms with Gasteiger partial charge in [-0.2, -0.15) is 0 Å². The molecule has 3 rings (SSSR count). The van der Waals surface area contributed by atoms with Gasteiger partial charge < -0.3 is 19.8 Å². The van der Waals surface area contributed by atoms with Crippen LogP contribution in [0.4, 0.5) is 4.39 Å². The van der Waals surface area contributed by atoms with Gasteiger partial charge >= 0.3 is 0 Å². The first-order valence-corrected chi connectivity index (χ1v) is 8.47. The molecule has 3 atom stereocenters. The van der Waals surface area contributed by atoms with Crippen LogP contribution in [0.25, 0.3) is 0 Å². The van der Waals surface area contributed by atoms with Crippen molar-refractivity contribution >= 4 is 5.91 Å². The van der Waals surface area contributed by atoms with Crippen LogP contribution in [0, 0.1) is 11.7 Å². The zero-order valence-corrected chi connectivity index (χ0v) is 13.8. The van der Waals surface area contributed by atoms with E-state index < -0.39 is 17.6 Å². The Bertz CT molecular complexity index is 604. The first-order chi connectivity index (χ1) is 11.5. The van der Waals surface area contributed by atoms with Crippen molar-refractivity contribution in [3.63, 3.8) is 0 Å². The SMILES string of the molecule is CCN(C[C@@H]1COC[C@@H](O)[C@H]1O)C(=O)C1(c2cccc(F)c2)CC1. The molecule has 24 heavy (non-hydrogen) atoms. The Balaban J connectivity index is 1.75. The normalized spacial score (nSPS) is 28.4. The van der Waals surface area contributed by atoms with Crippen molar-refractivity contribution in [1.82, 2.24) is 4.90 Å². The predicted octanol–water partition coefficient (Wildman–Crippen LogP) is 1.07. The fraction of sp³-hybridized carbons (Fsp3) is 0.611. The zero-order valence-electron chi connectivity index (χ0n) is 13.8. The molecular weight excluding hydrogens is 313 g/mol. The van der Waals surface area contributed by atoms with Crippen molar-refractivity contribution in [3.8, 4) is 0 Å². The van der Waals surface area contributed by atoms with Gasteiger partial charge in [0, 0.05) is 19.0 Å². The predicted molar refractivity (Wildman–Crippen MR) is 85.9 cm³/mol. The molecule has 2 aliphatic rings. The van der Waals surface area contributed by atoms with E-state index in [0.717, 1.165) is 0 Å². The first kappa shape index (κ1) is 17.3. The van der Waals surface area contributed by atoms with Gasteiger partial charge in [0.25, 0.3) is 0 Å². The van der Waals surface area contributed by atoms with E-state index in [-0.39, 0.29) is 24.2 Å². The standard InChI is InChI=1S/C18H24FNO4/c1-2-20(9-12-10-24-11-15(21)16(12)22)17(23)18(6-7-18)13-4-3-5-14(19)8-13/h3-5,8,12,15-16,21-22H,2,6-7,9-11H2,1H3/t12-,15-,16+/m1/s1. The number of aliphatic hydroxyl groups excluding tert-OH is 2. The second-order valence-corrected chi connectivity index (χ2v) is 6.79. The average Bonchev–Trinajstić information content (AvgIpc) is 3.37. The summed E-state index contributed by atoms with van der Waals surface area (Å²) in [5, 5.41) is 19.9. The van der Waals surface area contributed by atoms with Crippen LogP contribution in [0.3, 0.4) is 0 Å². The number of benzene rings is 1. The fourth-order valence-electron chi connectivity index (χ4n) is 3.49. The molecule has 1 heterocycles. The molecule has 1 aliphatic carbocycles. The smallest absolute Gasteiger partial charge is 0.233 e. The van der Waals surface area contributed by atoms with Crippen molar-refractivity contribution in [2.45, 2.75) is 37.4 Å². The van der Waals surface area contributed by atoms with Gasteiger partial charge in [0.05, 0.1) is 24.7 Å². The molecule has 0 radical (unpaired) electrons. The molecule has 1 amide bonds. The Kier molecular flexibility index (Phi) is 4.90. The molecule has 5 nitrogen and oxygen atoms in total. The lowest BCUT2D eigenvalue weighted by Crippen LogP contribution is -2.51. The number of hydrogen-bond acceptors (Lipinski definition) is 4. The summed E-state index contributed by atoms with van der Waals surface area (Å²) >= 11 is 0. The number of carbonyl (C=O) groups excluding carboxylic acids is 1. The molecule has 2 fully saturated rings. The minimum atomic E-state index is -0.921. The van der Waals surface area contributed by atoms with Gasteiger partial charge in [-0.25, -0.2) is 4.39 Å². The van der Waals surface area contributed by atoms with Crippen molar-refractivity contribution in [3.05, 3.63) is 35.6 Å². The summed E-state index contributed by atoms with van der Waals surface area (Å²) in [4.78, 5) is 14.7. The Morgan fingerprint density at radius 1 is 1.38 bits per heavy atom. The van der Waals surface area contributed by atoms with Crippen LogP contribution in [0.1, 0.15) is 25.3 Å². The maximum atomic E-state index is 13.5. The van der Waals surface area contributed by atoms with Gasteiger partial charge in [0.15, 0.2) is 0 Å². The van der Waals surface area contributed by atoms with Crippen molar-refractivity contribution < 1.29 is 24.1 Å². The van der Waals surface area contributed by atoms with Crippen LogP contribution in [-0.2, 0) is 14.9 Å². The third-order valence-corrected chi connectivity index (χ3v) is 5.16. The highest BCUT2D eigenvalue weighted by Crippen LogP contribution is 2.49. The molecule has 0 bridgehead atoms. The van der Waals surface area contributed by atoms with Crippen LogP contribution in [0.5, 0.6) is 0 Å². The number of amides is 1. The van der Waals surface area contributed by atoms with E-state index in [9.17, 15) is 19.4 Å². The molecule has 0 unspecified atom stereocenters. The summed E-state index contributed by atoms with van der Waals surface area (Å²) < 4.78 is 18.8. The number of hydrogen-bond donors (Lipinski definition) is 2.